The van der Waals surface area contributed by atoms with Crippen LogP contribution in [0.3, 0.4) is 0 Å². The van der Waals surface area contributed by atoms with Gasteiger partial charge in [0.2, 0.25) is 5.91 Å². The molecule has 0 unspecified atom stereocenters. The molecule has 0 spiro atoms. The predicted molar refractivity (Wildman–Crippen MR) is 108 cm³/mol. The van der Waals surface area contributed by atoms with Crippen LogP contribution in [0.25, 0.3) is 6.08 Å². The first-order valence-corrected chi connectivity index (χ1v) is 9.03. The van der Waals surface area contributed by atoms with Crippen molar-refractivity contribution in [3.63, 3.8) is 0 Å². The van der Waals surface area contributed by atoms with Crippen LogP contribution < -0.4 is 10.1 Å². The largest absolute Gasteiger partial charge is 0.491 e. The summed E-state index contributed by atoms with van der Waals surface area (Å²) in [4.78, 5) is 12.1. The molecule has 3 nitrogen and oxygen atoms in total. The number of hydrogen-bond donors (Lipinski definition) is 1. The molecule has 1 N–H and O–H groups in total. The number of aryl methyl sites for hydroxylation is 1. The van der Waals surface area contributed by atoms with Crippen LogP contribution in [0.2, 0.25) is 0 Å². The van der Waals surface area contributed by atoms with Crippen molar-refractivity contribution in [2.75, 3.05) is 6.61 Å². The average Bonchev–Trinajstić information content (AvgIpc) is 2.59. The highest BCUT2D eigenvalue weighted by atomic mass is 16.5. The summed E-state index contributed by atoms with van der Waals surface area (Å²) in [5.74, 6) is 0.730. The van der Waals surface area contributed by atoms with Crippen LogP contribution in [0.5, 0.6) is 5.75 Å². The normalized spacial score (nSPS) is 12.8. The lowest BCUT2D eigenvalue weighted by molar-refractivity contribution is -0.117. The molecule has 0 fully saturated rings. The Labute approximate surface area is 157 Å². The highest BCUT2D eigenvalue weighted by Gasteiger charge is 2.12. The van der Waals surface area contributed by atoms with E-state index in [9.17, 15) is 4.79 Å². The lowest BCUT2D eigenvalue weighted by Crippen LogP contribution is -2.35. The molecule has 0 aromatic heterocycles. The highest BCUT2D eigenvalue weighted by Crippen LogP contribution is 2.22. The van der Waals surface area contributed by atoms with E-state index in [0.717, 1.165) is 16.9 Å². The van der Waals surface area contributed by atoms with Crippen molar-refractivity contribution >= 4 is 12.0 Å². The van der Waals surface area contributed by atoms with E-state index >= 15 is 0 Å². The van der Waals surface area contributed by atoms with Crippen molar-refractivity contribution in [2.24, 2.45) is 0 Å². The van der Waals surface area contributed by atoms with E-state index in [2.05, 4.69) is 38.2 Å². The maximum Gasteiger partial charge on any atom is 0.244 e. The first-order chi connectivity index (χ1) is 12.3. The maximum absolute atomic E-state index is 12.1. The monoisotopic (exact) mass is 351 g/mol. The Balaban J connectivity index is 1.83. The third-order valence-corrected chi connectivity index (χ3v) is 4.17. The summed E-state index contributed by atoms with van der Waals surface area (Å²) in [6.45, 7) is 10.9. The zero-order valence-electron chi connectivity index (χ0n) is 16.4. The summed E-state index contributed by atoms with van der Waals surface area (Å²) in [6, 6.07) is 16.1. The molecule has 0 heterocycles. The van der Waals surface area contributed by atoms with Crippen LogP contribution >= 0.6 is 0 Å². The van der Waals surface area contributed by atoms with E-state index in [1.165, 1.54) is 5.56 Å². The first kappa shape index (κ1) is 19.8. The molecule has 0 aliphatic rings. The van der Waals surface area contributed by atoms with E-state index in [-0.39, 0.29) is 17.4 Å². The van der Waals surface area contributed by atoms with Gasteiger partial charge in [-0.25, -0.2) is 0 Å². The number of carbonyl (C=O) groups excluding carboxylic acids is 1. The van der Waals surface area contributed by atoms with Crippen molar-refractivity contribution in [2.45, 2.75) is 46.1 Å². The number of nitrogens with one attached hydrogen (secondary N) is 1. The zero-order valence-corrected chi connectivity index (χ0v) is 16.4. The Morgan fingerprint density at radius 2 is 1.77 bits per heavy atom. The molecule has 3 heteroatoms. The topological polar surface area (TPSA) is 38.3 Å². The third-order valence-electron chi connectivity index (χ3n) is 4.17. The Morgan fingerprint density at radius 1 is 1.12 bits per heavy atom. The Bertz CT molecular complexity index is 755. The smallest absolute Gasteiger partial charge is 0.244 e. The molecule has 2 rings (SSSR count). The fourth-order valence-corrected chi connectivity index (χ4v) is 2.53. The van der Waals surface area contributed by atoms with Gasteiger partial charge in [0, 0.05) is 6.08 Å². The molecular formula is C23H29NO2. The minimum atomic E-state index is -0.120. The van der Waals surface area contributed by atoms with Gasteiger partial charge in [0.05, 0.1) is 6.04 Å². The summed E-state index contributed by atoms with van der Waals surface area (Å²) in [5.41, 5.74) is 3.51. The average molecular weight is 351 g/mol. The second-order valence-corrected chi connectivity index (χ2v) is 7.69. The van der Waals surface area contributed by atoms with Crippen molar-refractivity contribution in [1.29, 1.82) is 0 Å². The molecule has 138 valence electrons. The Morgan fingerprint density at radius 3 is 2.38 bits per heavy atom. The van der Waals surface area contributed by atoms with Crippen molar-refractivity contribution in [3.8, 4) is 5.75 Å². The number of hydrogen-bond acceptors (Lipinski definition) is 2. The molecule has 2 aromatic carbocycles. The maximum atomic E-state index is 12.1. The van der Waals surface area contributed by atoms with Crippen LogP contribution in [0, 0.1) is 6.92 Å². The lowest BCUT2D eigenvalue weighted by atomic mass is 9.87. The van der Waals surface area contributed by atoms with Gasteiger partial charge in [0.1, 0.15) is 12.4 Å². The van der Waals surface area contributed by atoms with Crippen molar-refractivity contribution in [1.82, 2.24) is 5.32 Å². The van der Waals surface area contributed by atoms with E-state index < -0.39 is 0 Å². The standard InChI is InChI=1S/C23H29NO2/c1-17-8-6-7-9-21(17)26-16-18(2)24-22(25)15-12-19-10-13-20(14-11-19)23(3,4)5/h6-15,18H,16H2,1-5H3,(H,24,25)/b15-12+/t18-/m1/s1. The summed E-state index contributed by atoms with van der Waals surface area (Å²) < 4.78 is 5.77. The van der Waals surface area contributed by atoms with Gasteiger partial charge in [0.15, 0.2) is 0 Å². The molecule has 0 bridgehead atoms. The summed E-state index contributed by atoms with van der Waals surface area (Å²) >= 11 is 0. The number of ether oxygens (including phenoxy) is 1. The van der Waals surface area contributed by atoms with Crippen LogP contribution in [-0.2, 0) is 10.2 Å². The van der Waals surface area contributed by atoms with Crippen molar-refractivity contribution in [3.05, 3.63) is 71.3 Å². The molecule has 1 atom stereocenters. The predicted octanol–water partition coefficient (Wildman–Crippen LogP) is 4.89. The van der Waals surface area contributed by atoms with Crippen LogP contribution in [0.1, 0.15) is 44.4 Å². The SMILES string of the molecule is Cc1ccccc1OC[C@@H](C)NC(=O)/C=C/c1ccc(C(C)(C)C)cc1. The minimum absolute atomic E-state index is 0.0741. The molecule has 0 saturated carbocycles. The van der Waals surface area contributed by atoms with Gasteiger partial charge in [0.25, 0.3) is 0 Å². The molecule has 2 aromatic rings. The zero-order chi connectivity index (χ0) is 19.2. The van der Waals surface area contributed by atoms with Crippen LogP contribution in [0.15, 0.2) is 54.6 Å². The number of benzene rings is 2. The number of rotatable bonds is 6. The number of para-hydroxylation sites is 1. The van der Waals surface area contributed by atoms with Crippen LogP contribution in [0.4, 0.5) is 0 Å². The van der Waals surface area contributed by atoms with Gasteiger partial charge in [-0.2, -0.15) is 0 Å². The summed E-state index contributed by atoms with van der Waals surface area (Å²) in [7, 11) is 0. The molecular weight excluding hydrogens is 322 g/mol. The summed E-state index contributed by atoms with van der Waals surface area (Å²) in [5, 5.41) is 2.92. The van der Waals surface area contributed by atoms with E-state index in [1.807, 2.05) is 56.3 Å². The van der Waals surface area contributed by atoms with E-state index in [4.69, 9.17) is 4.74 Å². The molecule has 0 saturated heterocycles. The molecule has 26 heavy (non-hydrogen) atoms. The fraction of sp³-hybridized carbons (Fsp3) is 0.348. The van der Waals surface area contributed by atoms with Gasteiger partial charge >= 0.3 is 0 Å². The number of carbonyl (C=O) groups is 1. The quantitative estimate of drug-likeness (QED) is 0.753. The fourth-order valence-electron chi connectivity index (χ4n) is 2.53. The van der Waals surface area contributed by atoms with E-state index in [0.29, 0.717) is 6.61 Å². The number of amides is 1. The minimum Gasteiger partial charge on any atom is -0.491 e. The Kier molecular flexibility index (Phi) is 6.62. The third kappa shape index (κ3) is 6.07. The van der Waals surface area contributed by atoms with Gasteiger partial charge in [-0.3, -0.25) is 4.79 Å². The van der Waals surface area contributed by atoms with Crippen molar-refractivity contribution < 1.29 is 9.53 Å². The van der Waals surface area contributed by atoms with Gasteiger partial charge in [-0.15, -0.1) is 0 Å². The summed E-state index contributed by atoms with van der Waals surface area (Å²) in [6.07, 6.45) is 3.40. The molecule has 0 radical (unpaired) electrons. The lowest BCUT2D eigenvalue weighted by Gasteiger charge is -2.18. The molecule has 1 amide bonds. The Hall–Kier alpha value is -2.55. The first-order valence-electron chi connectivity index (χ1n) is 9.03. The van der Waals surface area contributed by atoms with E-state index in [1.54, 1.807) is 6.08 Å². The molecule has 0 aliphatic heterocycles. The van der Waals surface area contributed by atoms with Gasteiger partial charge in [-0.1, -0.05) is 63.2 Å². The second-order valence-electron chi connectivity index (χ2n) is 7.69. The second kappa shape index (κ2) is 8.70. The molecule has 0 aliphatic carbocycles. The van der Waals surface area contributed by atoms with Gasteiger partial charge < -0.3 is 10.1 Å². The highest BCUT2D eigenvalue weighted by molar-refractivity contribution is 5.91. The van der Waals surface area contributed by atoms with Gasteiger partial charge in [-0.05, 0) is 48.1 Å². The van der Waals surface area contributed by atoms with Crippen LogP contribution in [-0.4, -0.2) is 18.6 Å².